The van der Waals surface area contributed by atoms with Crippen molar-refractivity contribution in [1.82, 2.24) is 0 Å². The van der Waals surface area contributed by atoms with Crippen LogP contribution in [0.4, 0.5) is 5.69 Å². The third-order valence-electron chi connectivity index (χ3n) is 3.19. The molecule has 17 heavy (non-hydrogen) atoms. The number of anilines is 1. The third-order valence-corrected chi connectivity index (χ3v) is 4.39. The second-order valence-corrected chi connectivity index (χ2v) is 5.58. The van der Waals surface area contributed by atoms with Crippen molar-refractivity contribution in [2.45, 2.75) is 33.7 Å². The molecule has 0 aliphatic carbocycles. The van der Waals surface area contributed by atoms with Crippen LogP contribution in [0.5, 0.6) is 0 Å². The average Bonchev–Trinajstić information content (AvgIpc) is 2.70. The zero-order valence-electron chi connectivity index (χ0n) is 10.9. The Bertz CT molecular complexity index is 513. The molecule has 0 amide bonds. The van der Waals surface area contributed by atoms with E-state index in [4.69, 9.17) is 0 Å². The summed E-state index contributed by atoms with van der Waals surface area (Å²) in [4.78, 5) is 1.42. The molecule has 0 fully saturated rings. The van der Waals surface area contributed by atoms with E-state index in [0.717, 1.165) is 0 Å². The predicted molar refractivity (Wildman–Crippen MR) is 77.0 cm³/mol. The molecule has 0 aliphatic heterocycles. The van der Waals surface area contributed by atoms with Gasteiger partial charge in [0, 0.05) is 10.6 Å². The highest BCUT2D eigenvalue weighted by atomic mass is 32.1. The van der Waals surface area contributed by atoms with E-state index in [1.165, 1.54) is 27.3 Å². The fourth-order valence-corrected chi connectivity index (χ4v) is 2.91. The minimum Gasteiger partial charge on any atom is -0.378 e. The number of rotatable bonds is 3. The summed E-state index contributed by atoms with van der Waals surface area (Å²) in [7, 11) is 0. The number of hydrogen-bond acceptors (Lipinski definition) is 2. The summed E-state index contributed by atoms with van der Waals surface area (Å²) in [5.41, 5.74) is 5.26. The molecule has 1 unspecified atom stereocenters. The highest BCUT2D eigenvalue weighted by Crippen LogP contribution is 2.27. The van der Waals surface area contributed by atoms with Crippen LogP contribution in [0.2, 0.25) is 0 Å². The molecule has 0 radical (unpaired) electrons. The molecular formula is C15H19NS. The molecule has 1 N–H and O–H groups in total. The van der Waals surface area contributed by atoms with E-state index in [1.807, 2.05) is 11.3 Å². The number of nitrogens with one attached hydrogen (secondary N) is 1. The maximum Gasteiger partial charge on any atom is 0.0581 e. The lowest BCUT2D eigenvalue weighted by molar-refractivity contribution is 0.898. The molecule has 1 atom stereocenters. The number of aryl methyl sites for hydroxylation is 3. The Labute approximate surface area is 108 Å². The molecule has 0 bridgehead atoms. The standard InChI is InChI=1S/C15H19NS/c1-10-5-6-14(9-12(10)3)16-13(4)15-11(2)7-8-17-15/h5-9,13,16H,1-4H3. The van der Waals surface area contributed by atoms with Gasteiger partial charge in [0.1, 0.15) is 0 Å². The second-order valence-electron chi connectivity index (χ2n) is 4.63. The van der Waals surface area contributed by atoms with E-state index in [9.17, 15) is 0 Å². The van der Waals surface area contributed by atoms with Gasteiger partial charge in [-0.05, 0) is 68.0 Å². The minimum absolute atomic E-state index is 0.372. The number of hydrogen-bond donors (Lipinski definition) is 1. The van der Waals surface area contributed by atoms with Crippen LogP contribution >= 0.6 is 11.3 Å². The second kappa shape index (κ2) is 4.92. The summed E-state index contributed by atoms with van der Waals surface area (Å²) in [5.74, 6) is 0. The van der Waals surface area contributed by atoms with Gasteiger partial charge >= 0.3 is 0 Å². The summed E-state index contributed by atoms with van der Waals surface area (Å²) in [6.07, 6.45) is 0. The van der Waals surface area contributed by atoms with Crippen molar-refractivity contribution < 1.29 is 0 Å². The maximum atomic E-state index is 3.56. The topological polar surface area (TPSA) is 12.0 Å². The first-order chi connectivity index (χ1) is 8.08. The lowest BCUT2D eigenvalue weighted by atomic mass is 10.1. The van der Waals surface area contributed by atoms with Crippen LogP contribution in [0.25, 0.3) is 0 Å². The summed E-state index contributed by atoms with van der Waals surface area (Å²) >= 11 is 1.82. The van der Waals surface area contributed by atoms with Gasteiger partial charge in [0.05, 0.1) is 6.04 Å². The van der Waals surface area contributed by atoms with Gasteiger partial charge in [-0.25, -0.2) is 0 Å². The summed E-state index contributed by atoms with van der Waals surface area (Å²) < 4.78 is 0. The molecule has 1 nitrogen and oxygen atoms in total. The molecule has 0 spiro atoms. The first-order valence-corrected chi connectivity index (χ1v) is 6.83. The normalized spacial score (nSPS) is 12.5. The number of thiophene rings is 1. The van der Waals surface area contributed by atoms with Crippen molar-refractivity contribution in [2.75, 3.05) is 5.32 Å². The van der Waals surface area contributed by atoms with Crippen molar-refractivity contribution >= 4 is 17.0 Å². The highest BCUT2D eigenvalue weighted by Gasteiger charge is 2.09. The van der Waals surface area contributed by atoms with Crippen molar-refractivity contribution in [3.8, 4) is 0 Å². The molecular weight excluding hydrogens is 226 g/mol. The zero-order valence-corrected chi connectivity index (χ0v) is 11.7. The van der Waals surface area contributed by atoms with Crippen LogP contribution < -0.4 is 5.32 Å². The predicted octanol–water partition coefficient (Wildman–Crippen LogP) is 4.85. The molecule has 2 aromatic rings. The first kappa shape index (κ1) is 12.2. The molecule has 0 saturated heterocycles. The molecule has 0 saturated carbocycles. The molecule has 0 aliphatic rings. The van der Waals surface area contributed by atoms with Gasteiger partial charge in [0.15, 0.2) is 0 Å². The van der Waals surface area contributed by atoms with Crippen molar-refractivity contribution in [2.24, 2.45) is 0 Å². The van der Waals surface area contributed by atoms with Crippen LogP contribution in [0.15, 0.2) is 29.6 Å². The Morgan fingerprint density at radius 2 is 1.76 bits per heavy atom. The molecule has 1 aromatic heterocycles. The van der Waals surface area contributed by atoms with Crippen LogP contribution in [0.3, 0.4) is 0 Å². The third kappa shape index (κ3) is 2.70. The van der Waals surface area contributed by atoms with E-state index in [-0.39, 0.29) is 0 Å². The van der Waals surface area contributed by atoms with E-state index in [0.29, 0.717) is 6.04 Å². The molecule has 90 valence electrons. The van der Waals surface area contributed by atoms with Gasteiger partial charge in [0.2, 0.25) is 0 Å². The van der Waals surface area contributed by atoms with Crippen molar-refractivity contribution in [3.63, 3.8) is 0 Å². The Morgan fingerprint density at radius 3 is 2.35 bits per heavy atom. The van der Waals surface area contributed by atoms with Gasteiger partial charge in [-0.15, -0.1) is 11.3 Å². The number of benzene rings is 1. The maximum absolute atomic E-state index is 3.56. The van der Waals surface area contributed by atoms with Crippen molar-refractivity contribution in [1.29, 1.82) is 0 Å². The van der Waals surface area contributed by atoms with Crippen LogP contribution in [0.1, 0.15) is 34.5 Å². The Morgan fingerprint density at radius 1 is 1.00 bits per heavy atom. The average molecular weight is 245 g/mol. The van der Waals surface area contributed by atoms with Gasteiger partial charge in [-0.1, -0.05) is 6.07 Å². The lowest BCUT2D eigenvalue weighted by Crippen LogP contribution is -2.06. The van der Waals surface area contributed by atoms with E-state index in [2.05, 4.69) is 62.7 Å². The van der Waals surface area contributed by atoms with Crippen LogP contribution in [-0.4, -0.2) is 0 Å². The Kier molecular flexibility index (Phi) is 3.53. The van der Waals surface area contributed by atoms with Gasteiger partial charge in [-0.3, -0.25) is 0 Å². The van der Waals surface area contributed by atoms with Gasteiger partial charge in [0.25, 0.3) is 0 Å². The largest absolute Gasteiger partial charge is 0.378 e. The molecule has 1 heterocycles. The smallest absolute Gasteiger partial charge is 0.0581 e. The monoisotopic (exact) mass is 245 g/mol. The fraction of sp³-hybridized carbons (Fsp3) is 0.333. The highest BCUT2D eigenvalue weighted by molar-refractivity contribution is 7.10. The van der Waals surface area contributed by atoms with E-state index in [1.54, 1.807) is 0 Å². The van der Waals surface area contributed by atoms with E-state index < -0.39 is 0 Å². The van der Waals surface area contributed by atoms with Crippen LogP contribution in [-0.2, 0) is 0 Å². The SMILES string of the molecule is Cc1ccc(NC(C)c2sccc2C)cc1C. The summed E-state index contributed by atoms with van der Waals surface area (Å²) in [5, 5.41) is 5.72. The minimum atomic E-state index is 0.372. The molecule has 1 aromatic carbocycles. The Hall–Kier alpha value is -1.28. The zero-order chi connectivity index (χ0) is 12.4. The lowest BCUT2D eigenvalue weighted by Gasteiger charge is -2.16. The first-order valence-electron chi connectivity index (χ1n) is 5.95. The fourth-order valence-electron chi connectivity index (χ4n) is 1.97. The Balaban J connectivity index is 2.16. The quantitative estimate of drug-likeness (QED) is 0.815. The summed E-state index contributed by atoms with van der Waals surface area (Å²) in [6.45, 7) is 8.69. The van der Waals surface area contributed by atoms with Crippen LogP contribution in [0, 0.1) is 20.8 Å². The van der Waals surface area contributed by atoms with Crippen molar-refractivity contribution in [3.05, 3.63) is 51.2 Å². The van der Waals surface area contributed by atoms with Gasteiger partial charge in [-0.2, -0.15) is 0 Å². The van der Waals surface area contributed by atoms with E-state index >= 15 is 0 Å². The van der Waals surface area contributed by atoms with Gasteiger partial charge < -0.3 is 5.32 Å². The summed E-state index contributed by atoms with van der Waals surface area (Å²) in [6, 6.07) is 9.10. The molecule has 2 rings (SSSR count). The molecule has 2 heteroatoms.